The molecule has 19 heavy (non-hydrogen) atoms. The van der Waals surface area contributed by atoms with Gasteiger partial charge >= 0.3 is 0 Å². The molecule has 2 rings (SSSR count). The SMILES string of the molecule is C=CCc1ccc2c([N+](=O)[O-])cccc2c1[N+](=O)[O-]. The standard InChI is InChI=1S/C13H10N2O4/c1-2-4-9-7-8-10-11(13(9)15(18)19)5-3-6-12(10)14(16)17/h2-3,5-8H,1,4H2. The van der Waals surface area contributed by atoms with Gasteiger partial charge in [0.05, 0.1) is 20.6 Å². The Morgan fingerprint density at radius 1 is 1.05 bits per heavy atom. The van der Waals surface area contributed by atoms with Crippen molar-refractivity contribution in [3.05, 3.63) is 68.8 Å². The van der Waals surface area contributed by atoms with Crippen LogP contribution in [0, 0.1) is 20.2 Å². The lowest BCUT2D eigenvalue weighted by Crippen LogP contribution is -1.97. The van der Waals surface area contributed by atoms with Crippen molar-refractivity contribution in [3.8, 4) is 0 Å². The van der Waals surface area contributed by atoms with Crippen molar-refractivity contribution in [1.29, 1.82) is 0 Å². The molecular formula is C13H10N2O4. The summed E-state index contributed by atoms with van der Waals surface area (Å²) in [5.41, 5.74) is 0.264. The zero-order valence-corrected chi connectivity index (χ0v) is 9.91. The van der Waals surface area contributed by atoms with E-state index < -0.39 is 9.85 Å². The van der Waals surface area contributed by atoms with E-state index in [1.54, 1.807) is 12.1 Å². The summed E-state index contributed by atoms with van der Waals surface area (Å²) in [4.78, 5) is 21.1. The average molecular weight is 258 g/mol. The Balaban J connectivity index is 2.86. The van der Waals surface area contributed by atoms with Gasteiger partial charge in [0.15, 0.2) is 0 Å². The van der Waals surface area contributed by atoms with Crippen molar-refractivity contribution in [3.63, 3.8) is 0 Å². The van der Waals surface area contributed by atoms with Crippen LogP contribution in [0.2, 0.25) is 0 Å². The van der Waals surface area contributed by atoms with Crippen LogP contribution in [0.15, 0.2) is 43.0 Å². The van der Waals surface area contributed by atoms with Crippen molar-refractivity contribution in [2.75, 3.05) is 0 Å². The van der Waals surface area contributed by atoms with Crippen LogP contribution in [0.4, 0.5) is 11.4 Å². The zero-order valence-electron chi connectivity index (χ0n) is 9.91. The summed E-state index contributed by atoms with van der Waals surface area (Å²) in [6, 6.07) is 7.38. The maximum absolute atomic E-state index is 11.2. The maximum Gasteiger partial charge on any atom is 0.280 e. The zero-order chi connectivity index (χ0) is 14.0. The molecule has 0 bridgehead atoms. The van der Waals surface area contributed by atoms with E-state index in [2.05, 4.69) is 6.58 Å². The predicted molar refractivity (Wildman–Crippen MR) is 71.2 cm³/mol. The van der Waals surface area contributed by atoms with Crippen LogP contribution in [-0.2, 0) is 6.42 Å². The molecular weight excluding hydrogens is 248 g/mol. The summed E-state index contributed by atoms with van der Waals surface area (Å²) in [7, 11) is 0. The van der Waals surface area contributed by atoms with Gasteiger partial charge < -0.3 is 0 Å². The second kappa shape index (κ2) is 4.85. The lowest BCUT2D eigenvalue weighted by atomic mass is 10.0. The molecule has 0 aliphatic rings. The lowest BCUT2D eigenvalue weighted by Gasteiger charge is -2.05. The predicted octanol–water partition coefficient (Wildman–Crippen LogP) is 3.38. The Bertz CT molecular complexity index is 694. The summed E-state index contributed by atoms with van der Waals surface area (Å²) in [5.74, 6) is 0. The number of nitrogens with zero attached hydrogens (tertiary/aromatic N) is 2. The fourth-order valence-electron chi connectivity index (χ4n) is 2.07. The number of benzene rings is 2. The smallest absolute Gasteiger partial charge is 0.258 e. The Kier molecular flexibility index (Phi) is 3.24. The van der Waals surface area contributed by atoms with E-state index in [1.807, 2.05) is 0 Å². The molecule has 0 saturated carbocycles. The molecule has 2 aromatic rings. The molecule has 0 heterocycles. The van der Waals surface area contributed by atoms with E-state index in [4.69, 9.17) is 0 Å². The van der Waals surface area contributed by atoms with Crippen LogP contribution in [0.1, 0.15) is 5.56 Å². The van der Waals surface area contributed by atoms with Gasteiger partial charge in [0.1, 0.15) is 0 Å². The third-order valence-electron chi connectivity index (χ3n) is 2.84. The highest BCUT2D eigenvalue weighted by molar-refractivity contribution is 5.98. The van der Waals surface area contributed by atoms with Crippen molar-refractivity contribution in [1.82, 2.24) is 0 Å². The number of nitro groups is 2. The van der Waals surface area contributed by atoms with Gasteiger partial charge in [-0.3, -0.25) is 20.2 Å². The van der Waals surface area contributed by atoms with Gasteiger partial charge in [0.2, 0.25) is 0 Å². The molecule has 0 aliphatic carbocycles. The molecule has 6 heteroatoms. The molecule has 0 aliphatic heterocycles. The number of hydrogen-bond acceptors (Lipinski definition) is 4. The first-order valence-electron chi connectivity index (χ1n) is 5.50. The largest absolute Gasteiger partial charge is 0.280 e. The van der Waals surface area contributed by atoms with Crippen LogP contribution >= 0.6 is 0 Å². The number of nitro benzene ring substituents is 2. The number of allylic oxidation sites excluding steroid dienone is 1. The van der Waals surface area contributed by atoms with Crippen LogP contribution in [-0.4, -0.2) is 9.85 Å². The third kappa shape index (κ3) is 2.15. The highest BCUT2D eigenvalue weighted by Crippen LogP contribution is 2.34. The average Bonchev–Trinajstić information content (AvgIpc) is 2.37. The van der Waals surface area contributed by atoms with Crippen LogP contribution in [0.5, 0.6) is 0 Å². The summed E-state index contributed by atoms with van der Waals surface area (Å²) in [5, 5.41) is 22.7. The fraction of sp³-hybridized carbons (Fsp3) is 0.0769. The Morgan fingerprint density at radius 2 is 1.79 bits per heavy atom. The first-order chi connectivity index (χ1) is 9.06. The van der Waals surface area contributed by atoms with Gasteiger partial charge in [-0.05, 0) is 18.6 Å². The highest BCUT2D eigenvalue weighted by atomic mass is 16.6. The monoisotopic (exact) mass is 258 g/mol. The van der Waals surface area contributed by atoms with Crippen LogP contribution in [0.25, 0.3) is 10.8 Å². The number of fused-ring (bicyclic) bond motifs is 1. The maximum atomic E-state index is 11.2. The molecule has 0 aromatic heterocycles. The number of non-ortho nitro benzene ring substituents is 1. The molecule has 0 atom stereocenters. The molecule has 0 fully saturated rings. The minimum Gasteiger partial charge on any atom is -0.258 e. The molecule has 0 radical (unpaired) electrons. The fourth-order valence-corrected chi connectivity index (χ4v) is 2.07. The highest BCUT2D eigenvalue weighted by Gasteiger charge is 2.21. The minimum absolute atomic E-state index is 0.0962. The first-order valence-corrected chi connectivity index (χ1v) is 5.50. The van der Waals surface area contributed by atoms with Crippen LogP contribution in [0.3, 0.4) is 0 Å². The Labute approximate surface area is 108 Å². The van der Waals surface area contributed by atoms with E-state index >= 15 is 0 Å². The van der Waals surface area contributed by atoms with E-state index in [0.717, 1.165) is 0 Å². The van der Waals surface area contributed by atoms with Crippen molar-refractivity contribution < 1.29 is 9.85 Å². The second-order valence-electron chi connectivity index (χ2n) is 3.95. The van der Waals surface area contributed by atoms with E-state index in [-0.39, 0.29) is 22.1 Å². The lowest BCUT2D eigenvalue weighted by molar-refractivity contribution is -0.385. The minimum atomic E-state index is -0.542. The molecule has 0 saturated heterocycles. The molecule has 0 amide bonds. The van der Waals surface area contributed by atoms with Gasteiger partial charge in [-0.15, -0.1) is 6.58 Å². The summed E-state index contributed by atoms with van der Waals surface area (Å²) < 4.78 is 0. The number of rotatable bonds is 4. The van der Waals surface area contributed by atoms with E-state index in [1.165, 1.54) is 24.3 Å². The van der Waals surface area contributed by atoms with E-state index in [9.17, 15) is 20.2 Å². The molecule has 96 valence electrons. The van der Waals surface area contributed by atoms with Gasteiger partial charge in [-0.25, -0.2) is 0 Å². The normalized spacial score (nSPS) is 10.3. The molecule has 6 nitrogen and oxygen atoms in total. The quantitative estimate of drug-likeness (QED) is 0.477. The van der Waals surface area contributed by atoms with Gasteiger partial charge in [-0.1, -0.05) is 18.2 Å². The van der Waals surface area contributed by atoms with Gasteiger partial charge in [0.25, 0.3) is 11.4 Å². The summed E-state index contributed by atoms with van der Waals surface area (Å²) in [6.07, 6.45) is 1.90. The van der Waals surface area contributed by atoms with Crippen LogP contribution < -0.4 is 0 Å². The summed E-state index contributed by atoms with van der Waals surface area (Å²) >= 11 is 0. The molecule has 0 N–H and O–H groups in total. The molecule has 0 unspecified atom stereocenters. The summed E-state index contributed by atoms with van der Waals surface area (Å²) in [6.45, 7) is 3.55. The molecule has 2 aromatic carbocycles. The van der Waals surface area contributed by atoms with Gasteiger partial charge in [0, 0.05) is 11.6 Å². The van der Waals surface area contributed by atoms with Crippen molar-refractivity contribution in [2.45, 2.75) is 6.42 Å². The molecule has 0 spiro atoms. The first kappa shape index (κ1) is 12.7. The number of hydrogen-bond donors (Lipinski definition) is 0. The van der Waals surface area contributed by atoms with E-state index in [0.29, 0.717) is 12.0 Å². The van der Waals surface area contributed by atoms with Crippen molar-refractivity contribution in [2.24, 2.45) is 0 Å². The Morgan fingerprint density at radius 3 is 2.37 bits per heavy atom. The second-order valence-corrected chi connectivity index (χ2v) is 3.95. The van der Waals surface area contributed by atoms with Gasteiger partial charge in [-0.2, -0.15) is 0 Å². The Hall–Kier alpha value is -2.76. The van der Waals surface area contributed by atoms with Crippen molar-refractivity contribution >= 4 is 22.1 Å². The topological polar surface area (TPSA) is 86.3 Å². The third-order valence-corrected chi connectivity index (χ3v) is 2.84.